The minimum Gasteiger partial charge on any atom is -0.469 e. The van der Waals surface area contributed by atoms with Gasteiger partial charge in [0.25, 0.3) is 0 Å². The molecule has 0 fully saturated rings. The molecule has 0 amide bonds. The zero-order valence-corrected chi connectivity index (χ0v) is 14.7. The molecule has 0 aliphatic carbocycles. The standard InChI is InChI=1S/C18H16N2O5S/c1-24-16(21)11-15-20-17(12-7-3-2-4-8-12)18(25-15)13-9-5-6-10-14(13)26(19,22)23/h2-10H,11H2,1H3,(H2,19,22,23). The van der Waals surface area contributed by atoms with Crippen molar-refractivity contribution < 1.29 is 22.4 Å². The molecule has 26 heavy (non-hydrogen) atoms. The molecule has 1 aromatic heterocycles. The summed E-state index contributed by atoms with van der Waals surface area (Å²) < 4.78 is 34.3. The highest BCUT2D eigenvalue weighted by atomic mass is 32.2. The average Bonchev–Trinajstić information content (AvgIpc) is 3.05. The number of nitrogens with zero attached hydrogens (tertiary/aromatic N) is 1. The first kappa shape index (κ1) is 17.8. The van der Waals surface area contributed by atoms with Crippen molar-refractivity contribution in [2.75, 3.05) is 7.11 Å². The fraction of sp³-hybridized carbons (Fsp3) is 0.111. The molecule has 7 nitrogen and oxygen atoms in total. The number of rotatable bonds is 5. The molecule has 0 bridgehead atoms. The van der Waals surface area contributed by atoms with Crippen molar-refractivity contribution in [3.8, 4) is 22.6 Å². The largest absolute Gasteiger partial charge is 0.469 e. The van der Waals surface area contributed by atoms with Gasteiger partial charge in [0.05, 0.1) is 12.0 Å². The van der Waals surface area contributed by atoms with Crippen LogP contribution in [0.2, 0.25) is 0 Å². The lowest BCUT2D eigenvalue weighted by Crippen LogP contribution is -2.13. The number of sulfonamides is 1. The van der Waals surface area contributed by atoms with Crippen LogP contribution in [0.3, 0.4) is 0 Å². The third kappa shape index (κ3) is 3.66. The maximum absolute atomic E-state index is 11.9. The Morgan fingerprint density at radius 3 is 2.42 bits per heavy atom. The summed E-state index contributed by atoms with van der Waals surface area (Å²) in [5.41, 5.74) is 1.41. The second-order valence-corrected chi connectivity index (χ2v) is 6.98. The molecule has 0 unspecified atom stereocenters. The van der Waals surface area contributed by atoms with E-state index in [9.17, 15) is 13.2 Å². The third-order valence-corrected chi connectivity index (χ3v) is 4.65. The van der Waals surface area contributed by atoms with Gasteiger partial charge in [-0.2, -0.15) is 0 Å². The van der Waals surface area contributed by atoms with Crippen LogP contribution in [-0.4, -0.2) is 26.5 Å². The summed E-state index contributed by atoms with van der Waals surface area (Å²) in [6.07, 6.45) is -0.173. The van der Waals surface area contributed by atoms with Crippen molar-refractivity contribution in [2.45, 2.75) is 11.3 Å². The molecule has 0 saturated heterocycles. The third-order valence-electron chi connectivity index (χ3n) is 3.68. The van der Waals surface area contributed by atoms with Gasteiger partial charge in [-0.1, -0.05) is 42.5 Å². The van der Waals surface area contributed by atoms with Crippen LogP contribution in [0.5, 0.6) is 0 Å². The number of ether oxygens (including phenoxy) is 1. The Balaban J connectivity index is 2.22. The van der Waals surface area contributed by atoms with E-state index in [4.69, 9.17) is 9.56 Å². The molecule has 3 aromatic rings. The zero-order chi connectivity index (χ0) is 18.7. The Hall–Kier alpha value is -2.97. The zero-order valence-electron chi connectivity index (χ0n) is 13.9. The molecule has 1 heterocycles. The van der Waals surface area contributed by atoms with E-state index in [0.29, 0.717) is 11.3 Å². The second kappa shape index (κ2) is 7.11. The maximum Gasteiger partial charge on any atom is 0.314 e. The topological polar surface area (TPSA) is 112 Å². The molecule has 0 radical (unpaired) electrons. The van der Waals surface area contributed by atoms with E-state index in [1.165, 1.54) is 13.2 Å². The molecule has 0 spiro atoms. The Bertz CT molecular complexity index is 1040. The monoisotopic (exact) mass is 372 g/mol. The maximum atomic E-state index is 11.9. The van der Waals surface area contributed by atoms with Crippen LogP contribution < -0.4 is 5.14 Å². The Morgan fingerprint density at radius 2 is 1.77 bits per heavy atom. The molecule has 0 aliphatic rings. The van der Waals surface area contributed by atoms with Crippen molar-refractivity contribution in [2.24, 2.45) is 5.14 Å². The Labute approximate surface area is 150 Å². The van der Waals surface area contributed by atoms with Gasteiger partial charge in [-0.15, -0.1) is 0 Å². The molecule has 134 valence electrons. The number of aromatic nitrogens is 1. The first-order valence-corrected chi connectivity index (χ1v) is 9.19. The van der Waals surface area contributed by atoms with E-state index in [2.05, 4.69) is 9.72 Å². The number of carbonyl (C=O) groups excluding carboxylic acids is 1. The molecule has 8 heteroatoms. The smallest absolute Gasteiger partial charge is 0.314 e. The predicted octanol–water partition coefficient (Wildman–Crippen LogP) is 2.37. The number of carbonyl (C=O) groups is 1. The van der Waals surface area contributed by atoms with Crippen LogP contribution in [0.25, 0.3) is 22.6 Å². The molecule has 2 N–H and O–H groups in total. The molecule has 0 aliphatic heterocycles. The van der Waals surface area contributed by atoms with Crippen molar-refractivity contribution in [3.05, 3.63) is 60.5 Å². The Morgan fingerprint density at radius 1 is 1.12 bits per heavy atom. The molecular weight excluding hydrogens is 356 g/mol. The lowest BCUT2D eigenvalue weighted by Gasteiger charge is -2.06. The quantitative estimate of drug-likeness (QED) is 0.688. The normalized spacial score (nSPS) is 11.3. The number of hydrogen-bond donors (Lipinski definition) is 1. The molecule has 0 saturated carbocycles. The summed E-state index contributed by atoms with van der Waals surface area (Å²) in [7, 11) is -2.71. The fourth-order valence-corrected chi connectivity index (χ4v) is 3.25. The summed E-state index contributed by atoms with van der Waals surface area (Å²) >= 11 is 0. The van der Waals surface area contributed by atoms with Crippen LogP contribution in [-0.2, 0) is 26.0 Å². The van der Waals surface area contributed by atoms with Gasteiger partial charge >= 0.3 is 5.97 Å². The first-order valence-electron chi connectivity index (χ1n) is 7.64. The minimum absolute atomic E-state index is 0.0852. The highest BCUT2D eigenvalue weighted by molar-refractivity contribution is 7.89. The molecule has 2 aromatic carbocycles. The van der Waals surface area contributed by atoms with Crippen LogP contribution in [0.4, 0.5) is 0 Å². The van der Waals surface area contributed by atoms with Gasteiger partial charge in [-0.05, 0) is 12.1 Å². The van der Waals surface area contributed by atoms with E-state index in [0.717, 1.165) is 0 Å². The van der Waals surface area contributed by atoms with Gasteiger partial charge in [0.2, 0.25) is 15.9 Å². The minimum atomic E-state index is -3.98. The van der Waals surface area contributed by atoms with E-state index in [-0.39, 0.29) is 28.5 Å². The molecular formula is C18H16N2O5S. The number of hydrogen-bond acceptors (Lipinski definition) is 6. The fourth-order valence-electron chi connectivity index (χ4n) is 2.51. The van der Waals surface area contributed by atoms with Crippen molar-refractivity contribution in [1.82, 2.24) is 4.98 Å². The van der Waals surface area contributed by atoms with Gasteiger partial charge in [0.15, 0.2) is 5.76 Å². The lowest BCUT2D eigenvalue weighted by atomic mass is 10.1. The second-order valence-electron chi connectivity index (χ2n) is 5.45. The highest BCUT2D eigenvalue weighted by Crippen LogP contribution is 2.35. The van der Waals surface area contributed by atoms with Crippen LogP contribution in [0.15, 0.2) is 63.9 Å². The van der Waals surface area contributed by atoms with Gasteiger partial charge < -0.3 is 9.15 Å². The van der Waals surface area contributed by atoms with Crippen molar-refractivity contribution in [1.29, 1.82) is 0 Å². The van der Waals surface area contributed by atoms with Crippen LogP contribution >= 0.6 is 0 Å². The van der Waals surface area contributed by atoms with Crippen LogP contribution in [0, 0.1) is 0 Å². The average molecular weight is 372 g/mol. The predicted molar refractivity (Wildman–Crippen MR) is 94.5 cm³/mol. The number of nitrogens with two attached hydrogens (primary N) is 1. The summed E-state index contributed by atoms with van der Waals surface area (Å²) in [6, 6.07) is 15.3. The van der Waals surface area contributed by atoms with E-state index >= 15 is 0 Å². The summed E-state index contributed by atoms with van der Waals surface area (Å²) in [5.74, 6) is -0.174. The number of primary sulfonamides is 1. The molecule has 0 atom stereocenters. The number of esters is 1. The van der Waals surface area contributed by atoms with Crippen molar-refractivity contribution in [3.63, 3.8) is 0 Å². The number of oxazole rings is 1. The van der Waals surface area contributed by atoms with Crippen LogP contribution in [0.1, 0.15) is 5.89 Å². The van der Waals surface area contributed by atoms with E-state index in [1.54, 1.807) is 18.2 Å². The summed E-state index contributed by atoms with van der Waals surface area (Å²) in [6.45, 7) is 0. The van der Waals surface area contributed by atoms with E-state index < -0.39 is 16.0 Å². The van der Waals surface area contributed by atoms with Gasteiger partial charge in [-0.25, -0.2) is 18.5 Å². The SMILES string of the molecule is COC(=O)Cc1nc(-c2ccccc2)c(-c2ccccc2S(N)(=O)=O)o1. The van der Waals surface area contributed by atoms with Gasteiger partial charge in [0, 0.05) is 11.1 Å². The van der Waals surface area contributed by atoms with Gasteiger partial charge in [-0.3, -0.25) is 4.79 Å². The first-order chi connectivity index (χ1) is 12.4. The van der Waals surface area contributed by atoms with Crippen molar-refractivity contribution >= 4 is 16.0 Å². The molecule has 3 rings (SSSR count). The summed E-state index contributed by atoms with van der Waals surface area (Å²) in [5, 5.41) is 5.33. The lowest BCUT2D eigenvalue weighted by molar-refractivity contribution is -0.140. The number of methoxy groups -OCH3 is 1. The Kier molecular flexibility index (Phi) is 4.88. The van der Waals surface area contributed by atoms with E-state index in [1.807, 2.05) is 30.3 Å². The highest BCUT2D eigenvalue weighted by Gasteiger charge is 2.23. The number of benzene rings is 2. The summed E-state index contributed by atoms with van der Waals surface area (Å²) in [4.78, 5) is 15.8. The van der Waals surface area contributed by atoms with Gasteiger partial charge in [0.1, 0.15) is 12.1 Å².